The number of amides is 1. The zero-order valence-electron chi connectivity index (χ0n) is 16.1. The molecule has 0 atom stereocenters. The van der Waals surface area contributed by atoms with Crippen molar-refractivity contribution in [2.45, 2.75) is 32.1 Å². The van der Waals surface area contributed by atoms with Crippen molar-refractivity contribution in [3.63, 3.8) is 0 Å². The Hall–Kier alpha value is -2.71. The highest BCUT2D eigenvalue weighted by atomic mass is 32.1. The summed E-state index contributed by atoms with van der Waals surface area (Å²) < 4.78 is 37.9. The van der Waals surface area contributed by atoms with Crippen molar-refractivity contribution in [2.24, 2.45) is 0 Å². The Morgan fingerprint density at radius 2 is 1.80 bits per heavy atom. The first-order valence-electron chi connectivity index (χ1n) is 9.58. The number of nitrogens with one attached hydrogen (secondary N) is 1. The van der Waals surface area contributed by atoms with Crippen LogP contribution in [0.5, 0.6) is 0 Å². The lowest BCUT2D eigenvalue weighted by molar-refractivity contribution is -0.137. The average Bonchev–Trinajstić information content (AvgIpc) is 3.09. The summed E-state index contributed by atoms with van der Waals surface area (Å²) >= 11 is 1.46. The summed E-state index contributed by atoms with van der Waals surface area (Å²) in [5.74, 6) is -0.290. The topological polar surface area (TPSA) is 45.2 Å². The van der Waals surface area contributed by atoms with E-state index in [4.69, 9.17) is 0 Å². The molecule has 2 aromatic carbocycles. The molecule has 0 bridgehead atoms. The van der Waals surface area contributed by atoms with E-state index in [2.05, 4.69) is 27.3 Å². The van der Waals surface area contributed by atoms with E-state index in [1.54, 1.807) is 0 Å². The zero-order chi connectivity index (χ0) is 21.1. The number of halogens is 3. The number of carbonyl (C=O) groups excluding carboxylic acids is 1. The van der Waals surface area contributed by atoms with E-state index in [0.29, 0.717) is 10.7 Å². The van der Waals surface area contributed by atoms with Crippen molar-refractivity contribution in [3.05, 3.63) is 81.9 Å². The molecule has 0 radical (unpaired) electrons. The van der Waals surface area contributed by atoms with Crippen LogP contribution in [0.15, 0.2) is 54.6 Å². The lowest BCUT2D eigenvalue weighted by Gasteiger charge is -2.25. The Balaban J connectivity index is 1.34. The highest BCUT2D eigenvalue weighted by molar-refractivity contribution is 7.15. The van der Waals surface area contributed by atoms with Crippen LogP contribution in [0.2, 0.25) is 0 Å². The molecule has 4 rings (SSSR count). The van der Waals surface area contributed by atoms with E-state index in [1.165, 1.54) is 29.0 Å². The fourth-order valence-electron chi connectivity index (χ4n) is 3.44. The van der Waals surface area contributed by atoms with Gasteiger partial charge in [-0.2, -0.15) is 13.2 Å². The molecule has 30 heavy (non-hydrogen) atoms. The molecule has 1 aliphatic heterocycles. The monoisotopic (exact) mass is 431 g/mol. The quantitative estimate of drug-likeness (QED) is 0.625. The van der Waals surface area contributed by atoms with Crippen LogP contribution in [0.25, 0.3) is 0 Å². The number of aromatic nitrogens is 1. The summed E-state index contributed by atoms with van der Waals surface area (Å²) in [4.78, 5) is 20.3. The fraction of sp³-hybridized carbons (Fsp3) is 0.273. The van der Waals surface area contributed by atoms with Crippen molar-refractivity contribution in [1.82, 2.24) is 9.88 Å². The molecule has 4 nitrogen and oxygen atoms in total. The predicted octanol–water partition coefficient (Wildman–Crippen LogP) is 4.90. The van der Waals surface area contributed by atoms with Crippen LogP contribution < -0.4 is 5.32 Å². The molecule has 0 aliphatic carbocycles. The maximum Gasteiger partial charge on any atom is 0.416 e. The zero-order valence-corrected chi connectivity index (χ0v) is 16.9. The molecule has 1 aliphatic rings. The number of benzene rings is 2. The highest BCUT2D eigenvalue weighted by Gasteiger charge is 2.30. The second-order valence-electron chi connectivity index (χ2n) is 7.25. The molecule has 8 heteroatoms. The molecular formula is C22H20F3N3OS. The van der Waals surface area contributed by atoms with Crippen molar-refractivity contribution in [1.29, 1.82) is 0 Å². The van der Waals surface area contributed by atoms with Crippen molar-refractivity contribution >= 4 is 22.4 Å². The first-order valence-corrected chi connectivity index (χ1v) is 10.4. The van der Waals surface area contributed by atoms with Crippen LogP contribution in [-0.4, -0.2) is 22.3 Å². The smallest absolute Gasteiger partial charge is 0.302 e. The fourth-order valence-corrected chi connectivity index (χ4v) is 4.51. The van der Waals surface area contributed by atoms with Crippen LogP contribution >= 0.6 is 11.3 Å². The van der Waals surface area contributed by atoms with Crippen molar-refractivity contribution in [2.75, 3.05) is 11.9 Å². The lowest BCUT2D eigenvalue weighted by Crippen LogP contribution is -2.29. The Morgan fingerprint density at radius 1 is 1.07 bits per heavy atom. The summed E-state index contributed by atoms with van der Waals surface area (Å²) in [6.45, 7) is 2.56. The van der Waals surface area contributed by atoms with Gasteiger partial charge in [-0.1, -0.05) is 42.5 Å². The Labute approximate surface area is 176 Å². The summed E-state index contributed by atoms with van der Waals surface area (Å²) in [5, 5.41) is 3.32. The van der Waals surface area contributed by atoms with Gasteiger partial charge in [-0.25, -0.2) is 4.98 Å². The molecule has 0 saturated carbocycles. The van der Waals surface area contributed by atoms with Gasteiger partial charge < -0.3 is 5.32 Å². The lowest BCUT2D eigenvalue weighted by atomic mass is 10.1. The van der Waals surface area contributed by atoms with Gasteiger partial charge in [0.25, 0.3) is 0 Å². The van der Waals surface area contributed by atoms with Gasteiger partial charge in [-0.05, 0) is 23.3 Å². The number of carbonyl (C=O) groups is 1. The Morgan fingerprint density at radius 3 is 2.50 bits per heavy atom. The first-order chi connectivity index (χ1) is 14.4. The molecule has 1 amide bonds. The van der Waals surface area contributed by atoms with Crippen LogP contribution in [0.1, 0.15) is 27.3 Å². The van der Waals surface area contributed by atoms with Crippen LogP contribution in [-0.2, 0) is 36.9 Å². The summed E-state index contributed by atoms with van der Waals surface area (Å²) in [7, 11) is 0. The normalized spacial score (nSPS) is 14.4. The SMILES string of the molecule is O=C(Cc1ccc(C(F)(F)F)cc1)Nc1nc2c(s1)CN(Cc1ccccc1)CC2. The van der Waals surface area contributed by atoms with E-state index < -0.39 is 11.7 Å². The minimum absolute atomic E-state index is 0.00250. The van der Waals surface area contributed by atoms with Gasteiger partial charge in [0, 0.05) is 30.9 Å². The molecule has 0 saturated heterocycles. The molecule has 0 spiro atoms. The number of hydrogen-bond acceptors (Lipinski definition) is 4. The third-order valence-electron chi connectivity index (χ3n) is 4.95. The van der Waals surface area contributed by atoms with Gasteiger partial charge in [0.05, 0.1) is 17.7 Å². The third-order valence-corrected chi connectivity index (χ3v) is 5.95. The van der Waals surface area contributed by atoms with E-state index in [9.17, 15) is 18.0 Å². The maximum absolute atomic E-state index is 12.6. The Bertz CT molecular complexity index is 1020. The van der Waals surface area contributed by atoms with Gasteiger partial charge in [-0.3, -0.25) is 9.69 Å². The second-order valence-corrected chi connectivity index (χ2v) is 8.34. The van der Waals surface area contributed by atoms with Crippen LogP contribution in [0, 0.1) is 0 Å². The standard InChI is InChI=1S/C22H20F3N3OS/c23-22(24,25)17-8-6-15(7-9-17)12-20(29)27-21-26-18-10-11-28(14-19(18)30-21)13-16-4-2-1-3-5-16/h1-9H,10-14H2,(H,26,27,29). The average molecular weight is 431 g/mol. The van der Waals surface area contributed by atoms with Gasteiger partial charge in [0.2, 0.25) is 5.91 Å². The maximum atomic E-state index is 12.6. The highest BCUT2D eigenvalue weighted by Crippen LogP contribution is 2.30. The van der Waals surface area contributed by atoms with Gasteiger partial charge in [0.1, 0.15) is 0 Å². The molecule has 1 aromatic heterocycles. The number of nitrogens with zero attached hydrogens (tertiary/aromatic N) is 2. The number of hydrogen-bond donors (Lipinski definition) is 1. The van der Waals surface area contributed by atoms with Gasteiger partial charge >= 0.3 is 6.18 Å². The second kappa shape index (κ2) is 8.57. The number of rotatable bonds is 5. The number of anilines is 1. The summed E-state index contributed by atoms with van der Waals surface area (Å²) in [6, 6.07) is 14.9. The third kappa shape index (κ3) is 5.06. The first kappa shape index (κ1) is 20.6. The number of fused-ring (bicyclic) bond motifs is 1. The summed E-state index contributed by atoms with van der Waals surface area (Å²) in [6.07, 6.45) is -3.55. The van der Waals surface area contributed by atoms with Crippen LogP contribution in [0.3, 0.4) is 0 Å². The molecule has 2 heterocycles. The van der Waals surface area contributed by atoms with E-state index in [-0.39, 0.29) is 12.3 Å². The predicted molar refractivity (Wildman–Crippen MR) is 110 cm³/mol. The summed E-state index contributed by atoms with van der Waals surface area (Å²) in [5.41, 5.74) is 2.07. The molecule has 0 unspecified atom stereocenters. The largest absolute Gasteiger partial charge is 0.416 e. The molecule has 1 N–H and O–H groups in total. The molecule has 3 aromatic rings. The van der Waals surface area contributed by atoms with Gasteiger partial charge in [0.15, 0.2) is 5.13 Å². The van der Waals surface area contributed by atoms with E-state index >= 15 is 0 Å². The van der Waals surface area contributed by atoms with Crippen molar-refractivity contribution in [3.8, 4) is 0 Å². The Kier molecular flexibility index (Phi) is 5.87. The molecular weight excluding hydrogens is 411 g/mol. The van der Waals surface area contributed by atoms with Gasteiger partial charge in [-0.15, -0.1) is 11.3 Å². The van der Waals surface area contributed by atoms with E-state index in [0.717, 1.165) is 48.8 Å². The number of alkyl halides is 3. The minimum atomic E-state index is -4.38. The van der Waals surface area contributed by atoms with E-state index in [1.807, 2.05) is 18.2 Å². The van der Waals surface area contributed by atoms with Crippen LogP contribution in [0.4, 0.5) is 18.3 Å². The molecule has 156 valence electrons. The van der Waals surface area contributed by atoms with Crippen molar-refractivity contribution < 1.29 is 18.0 Å². The molecule has 0 fully saturated rings. The number of thiazole rings is 1. The minimum Gasteiger partial charge on any atom is -0.302 e.